The zero-order chi connectivity index (χ0) is 13.1. The summed E-state index contributed by atoms with van der Waals surface area (Å²) in [6.07, 6.45) is 3.78. The second-order valence-electron chi connectivity index (χ2n) is 3.80. The van der Waals surface area contributed by atoms with Crippen LogP contribution in [0, 0.1) is 0 Å². The van der Waals surface area contributed by atoms with Gasteiger partial charge in [-0.2, -0.15) is 5.48 Å². The van der Waals surface area contributed by atoms with E-state index >= 15 is 0 Å². The van der Waals surface area contributed by atoms with Gasteiger partial charge in [0, 0.05) is 18.6 Å². The fraction of sp³-hybridized carbons (Fsp3) is 0.667. The second-order valence-corrected chi connectivity index (χ2v) is 3.80. The van der Waals surface area contributed by atoms with Crippen molar-refractivity contribution in [1.29, 1.82) is 0 Å². The summed E-state index contributed by atoms with van der Waals surface area (Å²) < 4.78 is 0. The molecule has 0 saturated heterocycles. The molecule has 0 heterocycles. The third-order valence-electron chi connectivity index (χ3n) is 2.16. The molecule has 0 unspecified atom stereocenters. The number of hydrogen-bond donors (Lipinski definition) is 2. The van der Waals surface area contributed by atoms with Crippen LogP contribution in [0.2, 0.25) is 0 Å². The molecule has 5 nitrogen and oxygen atoms in total. The van der Waals surface area contributed by atoms with Gasteiger partial charge in [-0.3, -0.25) is 4.79 Å². The first-order chi connectivity index (χ1) is 8.11. The maximum absolute atomic E-state index is 11.2. The van der Waals surface area contributed by atoms with Crippen molar-refractivity contribution in [2.45, 2.75) is 45.4 Å². The fourth-order valence-electron chi connectivity index (χ4n) is 1.20. The van der Waals surface area contributed by atoms with E-state index in [2.05, 4.69) is 16.9 Å². The lowest BCUT2D eigenvalue weighted by Gasteiger charge is -2.06. The number of aliphatic hydroxyl groups is 1. The number of carbonyl (C=O) groups is 2. The number of rotatable bonds is 8. The molecule has 0 bridgehead atoms. The summed E-state index contributed by atoms with van der Waals surface area (Å²) in [4.78, 5) is 27.0. The normalized spacial score (nSPS) is 9.76. The fourth-order valence-corrected chi connectivity index (χ4v) is 1.20. The van der Waals surface area contributed by atoms with E-state index in [0.717, 1.165) is 12.8 Å². The Kier molecular flexibility index (Phi) is 9.05. The van der Waals surface area contributed by atoms with Crippen LogP contribution in [0.15, 0.2) is 12.2 Å². The Bertz CT molecular complexity index is 263. The van der Waals surface area contributed by atoms with E-state index in [-0.39, 0.29) is 18.9 Å². The molecule has 98 valence electrons. The molecule has 0 aromatic rings. The maximum Gasteiger partial charge on any atom is 0.358 e. The molecule has 0 aromatic carbocycles. The third-order valence-corrected chi connectivity index (χ3v) is 2.16. The molecule has 0 saturated carbocycles. The van der Waals surface area contributed by atoms with Crippen molar-refractivity contribution >= 4 is 11.9 Å². The Labute approximate surface area is 102 Å². The highest BCUT2D eigenvalue weighted by molar-refractivity contribution is 5.88. The number of unbranched alkanes of at least 4 members (excludes halogenated alkanes) is 2. The molecule has 0 aromatic heterocycles. The molecule has 2 N–H and O–H groups in total. The summed E-state index contributed by atoms with van der Waals surface area (Å²) in [5, 5.41) is 8.54. The summed E-state index contributed by atoms with van der Waals surface area (Å²) in [7, 11) is 0. The van der Waals surface area contributed by atoms with Crippen LogP contribution >= 0.6 is 0 Å². The number of hydroxylamine groups is 1. The van der Waals surface area contributed by atoms with E-state index in [1.165, 1.54) is 0 Å². The third kappa shape index (κ3) is 8.45. The summed E-state index contributed by atoms with van der Waals surface area (Å²) in [6, 6.07) is 0. The van der Waals surface area contributed by atoms with Gasteiger partial charge in [0.2, 0.25) is 0 Å². The highest BCUT2D eigenvalue weighted by atomic mass is 16.7. The average Bonchev–Trinajstić information content (AvgIpc) is 2.32. The molecule has 0 atom stereocenters. The minimum Gasteiger partial charge on any atom is -0.396 e. The van der Waals surface area contributed by atoms with Crippen LogP contribution in [0.4, 0.5) is 0 Å². The van der Waals surface area contributed by atoms with E-state index in [0.29, 0.717) is 24.8 Å². The predicted molar refractivity (Wildman–Crippen MR) is 63.8 cm³/mol. The summed E-state index contributed by atoms with van der Waals surface area (Å²) in [5.74, 6) is -0.920. The number of nitrogens with one attached hydrogen (secondary N) is 1. The van der Waals surface area contributed by atoms with Gasteiger partial charge >= 0.3 is 5.97 Å². The Morgan fingerprint density at radius 1 is 1.24 bits per heavy atom. The minimum absolute atomic E-state index is 0.132. The molecule has 17 heavy (non-hydrogen) atoms. The van der Waals surface area contributed by atoms with Crippen LogP contribution in [-0.4, -0.2) is 23.6 Å². The van der Waals surface area contributed by atoms with Crippen molar-refractivity contribution in [3.8, 4) is 0 Å². The highest BCUT2D eigenvalue weighted by Gasteiger charge is 2.09. The molecular weight excluding hydrogens is 222 g/mol. The van der Waals surface area contributed by atoms with Gasteiger partial charge in [-0.05, 0) is 19.3 Å². The molecule has 0 rings (SSSR count). The molecule has 0 radical (unpaired) electrons. The van der Waals surface area contributed by atoms with Crippen LogP contribution in [0.3, 0.4) is 0 Å². The van der Waals surface area contributed by atoms with Crippen LogP contribution in [0.25, 0.3) is 0 Å². The average molecular weight is 243 g/mol. The first kappa shape index (κ1) is 15.6. The van der Waals surface area contributed by atoms with Crippen molar-refractivity contribution in [1.82, 2.24) is 5.48 Å². The summed E-state index contributed by atoms with van der Waals surface area (Å²) >= 11 is 0. The molecule has 1 amide bonds. The Morgan fingerprint density at radius 3 is 2.53 bits per heavy atom. The number of amides is 1. The zero-order valence-electron chi connectivity index (χ0n) is 10.3. The molecule has 0 aliphatic rings. The number of aliphatic hydroxyl groups excluding tert-OH is 1. The Hall–Kier alpha value is -1.36. The molecular formula is C12H21NO4. The van der Waals surface area contributed by atoms with E-state index in [9.17, 15) is 9.59 Å². The first-order valence-electron chi connectivity index (χ1n) is 5.90. The quantitative estimate of drug-likeness (QED) is 0.384. The molecule has 0 aliphatic heterocycles. The highest BCUT2D eigenvalue weighted by Crippen LogP contribution is 2.03. The predicted octanol–water partition coefficient (Wildman–Crippen LogP) is 1.47. The van der Waals surface area contributed by atoms with Gasteiger partial charge in [0.1, 0.15) is 0 Å². The van der Waals surface area contributed by atoms with Gasteiger partial charge < -0.3 is 9.94 Å². The standard InChI is InChI=1S/C12H21NO4/c1-3-7-10(2)12(16)17-13-11(15)8-5-4-6-9-14/h14H,2-9H2,1H3,(H,13,15). The lowest BCUT2D eigenvalue weighted by molar-refractivity contribution is -0.154. The SMILES string of the molecule is C=C(CCC)C(=O)ONC(=O)CCCCCO. The van der Waals surface area contributed by atoms with E-state index in [1.54, 1.807) is 0 Å². The van der Waals surface area contributed by atoms with E-state index in [1.807, 2.05) is 6.92 Å². The second kappa shape index (κ2) is 9.84. The first-order valence-corrected chi connectivity index (χ1v) is 5.90. The Morgan fingerprint density at radius 2 is 1.94 bits per heavy atom. The van der Waals surface area contributed by atoms with Gasteiger partial charge in [-0.1, -0.05) is 26.3 Å². The van der Waals surface area contributed by atoms with Crippen LogP contribution < -0.4 is 5.48 Å². The van der Waals surface area contributed by atoms with Crippen molar-refractivity contribution in [2.24, 2.45) is 0 Å². The van der Waals surface area contributed by atoms with Crippen molar-refractivity contribution in [3.05, 3.63) is 12.2 Å². The molecule has 0 fully saturated rings. The van der Waals surface area contributed by atoms with E-state index < -0.39 is 5.97 Å². The van der Waals surface area contributed by atoms with Gasteiger partial charge in [0.05, 0.1) is 0 Å². The van der Waals surface area contributed by atoms with Gasteiger partial charge in [0.15, 0.2) is 0 Å². The smallest absolute Gasteiger partial charge is 0.358 e. The topological polar surface area (TPSA) is 75.6 Å². The molecule has 0 spiro atoms. The van der Waals surface area contributed by atoms with Crippen LogP contribution in [-0.2, 0) is 14.4 Å². The van der Waals surface area contributed by atoms with Gasteiger partial charge in [-0.15, -0.1) is 0 Å². The zero-order valence-corrected chi connectivity index (χ0v) is 10.3. The van der Waals surface area contributed by atoms with Crippen molar-refractivity contribution in [2.75, 3.05) is 6.61 Å². The molecule has 5 heteroatoms. The van der Waals surface area contributed by atoms with E-state index in [4.69, 9.17) is 5.11 Å². The minimum atomic E-state index is -0.587. The largest absolute Gasteiger partial charge is 0.396 e. The van der Waals surface area contributed by atoms with Crippen molar-refractivity contribution in [3.63, 3.8) is 0 Å². The van der Waals surface area contributed by atoms with Gasteiger partial charge in [-0.25, -0.2) is 4.79 Å². The summed E-state index contributed by atoms with van der Waals surface area (Å²) in [6.45, 7) is 5.62. The summed E-state index contributed by atoms with van der Waals surface area (Å²) in [5.41, 5.74) is 2.44. The maximum atomic E-state index is 11.2. The molecule has 0 aliphatic carbocycles. The lowest BCUT2D eigenvalue weighted by atomic mass is 10.2. The lowest BCUT2D eigenvalue weighted by Crippen LogP contribution is -2.27. The number of hydrogen-bond acceptors (Lipinski definition) is 4. The van der Waals surface area contributed by atoms with Crippen LogP contribution in [0.1, 0.15) is 45.4 Å². The Balaban J connectivity index is 3.62. The van der Waals surface area contributed by atoms with Crippen molar-refractivity contribution < 1.29 is 19.5 Å². The van der Waals surface area contributed by atoms with Gasteiger partial charge in [0.25, 0.3) is 5.91 Å². The van der Waals surface area contributed by atoms with Crippen LogP contribution in [0.5, 0.6) is 0 Å². The monoisotopic (exact) mass is 243 g/mol. The number of carbonyl (C=O) groups excluding carboxylic acids is 2.